The van der Waals surface area contributed by atoms with E-state index in [1.165, 1.54) is 0 Å². The van der Waals surface area contributed by atoms with Crippen LogP contribution < -0.4 is 5.32 Å². The molecular weight excluding hydrogens is 118 g/mol. The minimum absolute atomic E-state index is 0.0564. The topological polar surface area (TPSA) is 49.3 Å². The normalized spacial score (nSPS) is 30.0. The minimum Gasteiger partial charge on any atom is -0.393 e. The Hall–Kier alpha value is -0.570. The zero-order valence-electron chi connectivity index (χ0n) is 5.42. The maximum absolute atomic E-state index is 10.5. The molecule has 1 heterocycles. The molecule has 0 aromatic carbocycles. The molecule has 1 rings (SSSR count). The first-order valence-corrected chi connectivity index (χ1v) is 3.15. The summed E-state index contributed by atoms with van der Waals surface area (Å²) in [6, 6.07) is 0. The standard InChI is InChI=1S/C6H11NO2/c1-4(8)5-2-6(9)7-3-5/h4-5,8H,2-3H2,1H3,(H,7,9)/t4-,5-/m1/s1. The van der Waals surface area contributed by atoms with Crippen LogP contribution in [0, 0.1) is 5.92 Å². The van der Waals surface area contributed by atoms with Crippen LogP contribution in [-0.4, -0.2) is 23.7 Å². The molecule has 0 unspecified atom stereocenters. The number of hydrogen-bond acceptors (Lipinski definition) is 2. The second kappa shape index (κ2) is 2.35. The fourth-order valence-electron chi connectivity index (χ4n) is 0.969. The Morgan fingerprint density at radius 3 is 2.78 bits per heavy atom. The van der Waals surface area contributed by atoms with E-state index in [2.05, 4.69) is 5.32 Å². The van der Waals surface area contributed by atoms with Crippen molar-refractivity contribution in [1.29, 1.82) is 0 Å². The average molecular weight is 129 g/mol. The molecular formula is C6H11NO2. The number of hydrogen-bond donors (Lipinski definition) is 2. The van der Waals surface area contributed by atoms with Crippen LogP contribution in [0.25, 0.3) is 0 Å². The Morgan fingerprint density at radius 2 is 2.56 bits per heavy atom. The van der Waals surface area contributed by atoms with Crippen molar-refractivity contribution >= 4 is 5.91 Å². The number of aliphatic hydroxyl groups excluding tert-OH is 1. The molecule has 0 aromatic heterocycles. The van der Waals surface area contributed by atoms with Crippen molar-refractivity contribution in [3.63, 3.8) is 0 Å². The SMILES string of the molecule is C[C@@H](O)[C@H]1CNC(=O)C1. The predicted molar refractivity (Wildman–Crippen MR) is 32.8 cm³/mol. The third-order valence-electron chi connectivity index (χ3n) is 1.69. The van der Waals surface area contributed by atoms with Crippen molar-refractivity contribution in [3.8, 4) is 0 Å². The zero-order valence-corrected chi connectivity index (χ0v) is 5.42. The van der Waals surface area contributed by atoms with Crippen LogP contribution in [0.2, 0.25) is 0 Å². The summed E-state index contributed by atoms with van der Waals surface area (Å²) in [6.07, 6.45) is 0.126. The molecule has 1 saturated heterocycles. The molecule has 1 amide bonds. The van der Waals surface area contributed by atoms with Crippen molar-refractivity contribution in [2.75, 3.05) is 6.54 Å². The Morgan fingerprint density at radius 1 is 1.89 bits per heavy atom. The molecule has 3 nitrogen and oxygen atoms in total. The van der Waals surface area contributed by atoms with E-state index in [0.717, 1.165) is 0 Å². The molecule has 52 valence electrons. The second-order valence-electron chi connectivity index (χ2n) is 2.51. The van der Waals surface area contributed by atoms with Crippen LogP contribution in [0.1, 0.15) is 13.3 Å². The van der Waals surface area contributed by atoms with Crippen LogP contribution >= 0.6 is 0 Å². The van der Waals surface area contributed by atoms with Crippen LogP contribution in [0.3, 0.4) is 0 Å². The van der Waals surface area contributed by atoms with Crippen molar-refractivity contribution in [1.82, 2.24) is 5.32 Å². The molecule has 0 aliphatic carbocycles. The molecule has 0 radical (unpaired) electrons. The van der Waals surface area contributed by atoms with Gasteiger partial charge in [0, 0.05) is 18.9 Å². The van der Waals surface area contributed by atoms with E-state index in [1.807, 2.05) is 0 Å². The summed E-state index contributed by atoms with van der Waals surface area (Å²) in [5, 5.41) is 11.6. The summed E-state index contributed by atoms with van der Waals surface area (Å²) in [4.78, 5) is 10.5. The van der Waals surface area contributed by atoms with Crippen LogP contribution in [-0.2, 0) is 4.79 Å². The lowest BCUT2D eigenvalue weighted by Crippen LogP contribution is -2.19. The van der Waals surface area contributed by atoms with Gasteiger partial charge in [-0.25, -0.2) is 0 Å². The van der Waals surface area contributed by atoms with Gasteiger partial charge in [-0.15, -0.1) is 0 Å². The Kier molecular flexibility index (Phi) is 1.71. The van der Waals surface area contributed by atoms with E-state index in [9.17, 15) is 4.79 Å². The largest absolute Gasteiger partial charge is 0.393 e. The van der Waals surface area contributed by atoms with Gasteiger partial charge in [-0.05, 0) is 6.92 Å². The summed E-state index contributed by atoms with van der Waals surface area (Å²) in [7, 11) is 0. The molecule has 0 aromatic rings. The Bertz CT molecular complexity index is 122. The predicted octanol–water partition coefficient (Wildman–Crippen LogP) is -0.497. The first kappa shape index (κ1) is 6.55. The van der Waals surface area contributed by atoms with Gasteiger partial charge in [-0.3, -0.25) is 4.79 Å². The molecule has 9 heavy (non-hydrogen) atoms. The molecule has 1 aliphatic rings. The lowest BCUT2D eigenvalue weighted by Gasteiger charge is -2.08. The number of carbonyl (C=O) groups is 1. The van der Waals surface area contributed by atoms with Crippen LogP contribution in [0.5, 0.6) is 0 Å². The quantitative estimate of drug-likeness (QED) is 0.501. The molecule has 3 heteroatoms. The van der Waals surface area contributed by atoms with Crippen molar-refractivity contribution in [3.05, 3.63) is 0 Å². The van der Waals surface area contributed by atoms with E-state index < -0.39 is 0 Å². The highest BCUT2D eigenvalue weighted by Crippen LogP contribution is 2.12. The smallest absolute Gasteiger partial charge is 0.220 e. The Labute approximate surface area is 54.1 Å². The number of nitrogens with one attached hydrogen (secondary N) is 1. The van der Waals surface area contributed by atoms with Gasteiger partial charge < -0.3 is 10.4 Å². The van der Waals surface area contributed by atoms with Crippen molar-refractivity contribution in [2.45, 2.75) is 19.4 Å². The maximum atomic E-state index is 10.5. The van der Waals surface area contributed by atoms with E-state index in [1.54, 1.807) is 6.92 Å². The van der Waals surface area contributed by atoms with Gasteiger partial charge in [0.15, 0.2) is 0 Å². The summed E-state index contributed by atoms with van der Waals surface area (Å²) in [5.74, 6) is 0.193. The first-order chi connectivity index (χ1) is 4.20. The number of rotatable bonds is 1. The first-order valence-electron chi connectivity index (χ1n) is 3.15. The highest BCUT2D eigenvalue weighted by molar-refractivity contribution is 5.78. The van der Waals surface area contributed by atoms with E-state index in [0.29, 0.717) is 13.0 Å². The molecule has 1 aliphatic heterocycles. The highest BCUT2D eigenvalue weighted by Gasteiger charge is 2.24. The van der Waals surface area contributed by atoms with E-state index >= 15 is 0 Å². The highest BCUT2D eigenvalue weighted by atomic mass is 16.3. The monoisotopic (exact) mass is 129 g/mol. The molecule has 1 fully saturated rings. The fraction of sp³-hybridized carbons (Fsp3) is 0.833. The van der Waals surface area contributed by atoms with Gasteiger partial charge in [0.2, 0.25) is 5.91 Å². The van der Waals surface area contributed by atoms with Gasteiger partial charge in [0.05, 0.1) is 6.10 Å². The molecule has 0 saturated carbocycles. The summed E-state index contributed by atoms with van der Waals surface area (Å²) in [5.41, 5.74) is 0. The molecule has 2 atom stereocenters. The van der Waals surface area contributed by atoms with Gasteiger partial charge in [0.25, 0.3) is 0 Å². The molecule has 2 N–H and O–H groups in total. The van der Waals surface area contributed by atoms with Gasteiger partial charge in [0.1, 0.15) is 0 Å². The third kappa shape index (κ3) is 1.42. The summed E-state index contributed by atoms with van der Waals surface area (Å²) < 4.78 is 0. The van der Waals surface area contributed by atoms with Crippen molar-refractivity contribution in [2.24, 2.45) is 5.92 Å². The molecule has 0 spiro atoms. The lowest BCUT2D eigenvalue weighted by atomic mass is 10.0. The minimum atomic E-state index is -0.357. The summed E-state index contributed by atoms with van der Waals surface area (Å²) >= 11 is 0. The fourth-order valence-corrected chi connectivity index (χ4v) is 0.969. The Balaban J connectivity index is 2.39. The van der Waals surface area contributed by atoms with Crippen LogP contribution in [0.15, 0.2) is 0 Å². The third-order valence-corrected chi connectivity index (χ3v) is 1.69. The summed E-state index contributed by atoms with van der Waals surface area (Å²) in [6.45, 7) is 2.35. The number of amides is 1. The van der Waals surface area contributed by atoms with Gasteiger partial charge in [-0.2, -0.15) is 0 Å². The molecule has 0 bridgehead atoms. The van der Waals surface area contributed by atoms with Crippen LogP contribution in [0.4, 0.5) is 0 Å². The van der Waals surface area contributed by atoms with Crippen molar-refractivity contribution < 1.29 is 9.90 Å². The zero-order chi connectivity index (χ0) is 6.85. The van der Waals surface area contributed by atoms with E-state index in [-0.39, 0.29) is 17.9 Å². The van der Waals surface area contributed by atoms with Gasteiger partial charge >= 0.3 is 0 Å². The average Bonchev–Trinajstić information content (AvgIpc) is 2.14. The second-order valence-corrected chi connectivity index (χ2v) is 2.51. The number of aliphatic hydroxyl groups is 1. The van der Waals surface area contributed by atoms with Gasteiger partial charge in [-0.1, -0.05) is 0 Å². The van der Waals surface area contributed by atoms with E-state index in [4.69, 9.17) is 5.11 Å². The lowest BCUT2D eigenvalue weighted by molar-refractivity contribution is -0.119. The number of carbonyl (C=O) groups excluding carboxylic acids is 1. The maximum Gasteiger partial charge on any atom is 0.220 e.